The van der Waals surface area contributed by atoms with Crippen LogP contribution >= 0.6 is 0 Å². The molecule has 1 aromatic carbocycles. The van der Waals surface area contributed by atoms with Gasteiger partial charge in [-0.25, -0.2) is 4.98 Å². The molecule has 0 spiro atoms. The Kier molecular flexibility index (Phi) is 6.52. The van der Waals surface area contributed by atoms with Gasteiger partial charge in [-0.15, -0.1) is 0 Å². The molecule has 2 aliphatic rings. The van der Waals surface area contributed by atoms with Gasteiger partial charge in [0.25, 0.3) is 5.56 Å². The van der Waals surface area contributed by atoms with Crippen molar-refractivity contribution < 1.29 is 0 Å². The Morgan fingerprint density at radius 2 is 1.70 bits per heavy atom. The average Bonchev–Trinajstić information content (AvgIpc) is 2.85. The Bertz CT molecular complexity index is 1130. The molecule has 3 aromatic rings. The number of likely N-dealkylation sites (N-methyl/N-ethyl adjacent to an activating group) is 1. The summed E-state index contributed by atoms with van der Waals surface area (Å²) in [5, 5.41) is 7.53. The van der Waals surface area contributed by atoms with Gasteiger partial charge in [-0.2, -0.15) is 4.98 Å². The summed E-state index contributed by atoms with van der Waals surface area (Å²) in [6.07, 6.45) is 1.78. The molecule has 0 saturated carbocycles. The molecule has 0 amide bonds. The highest BCUT2D eigenvalue weighted by Crippen LogP contribution is 2.21. The van der Waals surface area contributed by atoms with Crippen molar-refractivity contribution in [1.82, 2.24) is 29.7 Å². The van der Waals surface area contributed by atoms with Crippen LogP contribution in [-0.4, -0.2) is 90.3 Å². The molecule has 0 aliphatic carbocycles. The van der Waals surface area contributed by atoms with E-state index in [1.165, 1.54) is 5.69 Å². The third kappa shape index (κ3) is 5.16. The largest absolute Gasteiger partial charge is 0.369 e. The molecule has 2 aliphatic heterocycles. The van der Waals surface area contributed by atoms with Crippen LogP contribution in [0.25, 0.3) is 11.0 Å². The van der Waals surface area contributed by atoms with Crippen molar-refractivity contribution in [3.63, 3.8) is 0 Å². The van der Waals surface area contributed by atoms with Gasteiger partial charge in [-0.05, 0) is 37.4 Å². The van der Waals surface area contributed by atoms with E-state index in [0.29, 0.717) is 18.1 Å². The first-order chi connectivity index (χ1) is 16.2. The van der Waals surface area contributed by atoms with E-state index in [1.807, 2.05) is 0 Å². The SMILES string of the molecule is CN1CCN(c2ccc(Nc3ncc4ccc(=O)n(CCN5CCNCC5)c4n3)cc2)CC1. The van der Waals surface area contributed by atoms with Crippen molar-refractivity contribution in [2.45, 2.75) is 6.54 Å². The van der Waals surface area contributed by atoms with Crippen molar-refractivity contribution >= 4 is 28.4 Å². The van der Waals surface area contributed by atoms with Crippen LogP contribution in [-0.2, 0) is 6.54 Å². The van der Waals surface area contributed by atoms with E-state index >= 15 is 0 Å². The predicted molar refractivity (Wildman–Crippen MR) is 133 cm³/mol. The van der Waals surface area contributed by atoms with E-state index in [0.717, 1.165) is 70.0 Å². The Morgan fingerprint density at radius 1 is 0.939 bits per heavy atom. The predicted octanol–water partition coefficient (Wildman–Crippen LogP) is 1.19. The molecule has 2 N–H and O–H groups in total. The number of nitrogens with one attached hydrogen (secondary N) is 2. The van der Waals surface area contributed by atoms with E-state index in [1.54, 1.807) is 22.9 Å². The molecule has 33 heavy (non-hydrogen) atoms. The fourth-order valence-corrected chi connectivity index (χ4v) is 4.47. The van der Waals surface area contributed by atoms with Crippen molar-refractivity contribution in [2.75, 3.05) is 76.2 Å². The van der Waals surface area contributed by atoms with Crippen LogP contribution in [0, 0.1) is 0 Å². The first-order valence-electron chi connectivity index (χ1n) is 11.8. The van der Waals surface area contributed by atoms with Crippen molar-refractivity contribution in [3.8, 4) is 0 Å². The lowest BCUT2D eigenvalue weighted by molar-refractivity contribution is 0.232. The molecule has 0 radical (unpaired) electrons. The maximum atomic E-state index is 12.6. The average molecular weight is 449 g/mol. The van der Waals surface area contributed by atoms with E-state index in [-0.39, 0.29) is 5.56 Å². The van der Waals surface area contributed by atoms with Crippen LogP contribution in [0.3, 0.4) is 0 Å². The van der Waals surface area contributed by atoms with Crippen molar-refractivity contribution in [3.05, 3.63) is 52.9 Å². The van der Waals surface area contributed by atoms with Gasteiger partial charge in [0.2, 0.25) is 5.95 Å². The third-order valence-electron chi connectivity index (χ3n) is 6.56. The summed E-state index contributed by atoms with van der Waals surface area (Å²) in [6, 6.07) is 11.8. The Balaban J connectivity index is 1.31. The number of hydrogen-bond acceptors (Lipinski definition) is 8. The zero-order valence-electron chi connectivity index (χ0n) is 19.2. The molecule has 0 unspecified atom stereocenters. The van der Waals surface area contributed by atoms with E-state index in [4.69, 9.17) is 4.98 Å². The first-order valence-corrected chi connectivity index (χ1v) is 11.8. The number of benzene rings is 1. The summed E-state index contributed by atoms with van der Waals surface area (Å²) < 4.78 is 1.76. The monoisotopic (exact) mass is 448 g/mol. The smallest absolute Gasteiger partial charge is 0.252 e. The summed E-state index contributed by atoms with van der Waals surface area (Å²) in [5.41, 5.74) is 2.80. The van der Waals surface area contributed by atoms with Crippen LogP contribution in [0.5, 0.6) is 0 Å². The van der Waals surface area contributed by atoms with Gasteiger partial charge in [-0.1, -0.05) is 0 Å². The molecule has 0 atom stereocenters. The Labute approximate surface area is 194 Å². The quantitative estimate of drug-likeness (QED) is 0.582. The molecule has 5 rings (SSSR count). The van der Waals surface area contributed by atoms with Gasteiger partial charge in [-0.3, -0.25) is 14.3 Å². The fraction of sp³-hybridized carbons (Fsp3) is 0.458. The zero-order chi connectivity index (χ0) is 22.6. The molecule has 4 heterocycles. The van der Waals surface area contributed by atoms with Crippen LogP contribution in [0.15, 0.2) is 47.4 Å². The van der Waals surface area contributed by atoms with Gasteiger partial charge >= 0.3 is 0 Å². The van der Waals surface area contributed by atoms with Crippen molar-refractivity contribution in [2.24, 2.45) is 0 Å². The molecule has 9 nitrogen and oxygen atoms in total. The lowest BCUT2D eigenvalue weighted by Crippen LogP contribution is -2.45. The Morgan fingerprint density at radius 3 is 2.45 bits per heavy atom. The second kappa shape index (κ2) is 9.86. The second-order valence-corrected chi connectivity index (χ2v) is 8.85. The molecule has 174 valence electrons. The number of piperazine rings is 2. The van der Waals surface area contributed by atoms with E-state index in [9.17, 15) is 4.79 Å². The molecular weight excluding hydrogens is 416 g/mol. The van der Waals surface area contributed by atoms with Gasteiger partial charge in [0.15, 0.2) is 0 Å². The number of aromatic nitrogens is 3. The maximum absolute atomic E-state index is 12.6. The summed E-state index contributed by atoms with van der Waals surface area (Å²) in [4.78, 5) is 29.0. The van der Waals surface area contributed by atoms with Crippen LogP contribution in [0.2, 0.25) is 0 Å². The van der Waals surface area contributed by atoms with Gasteiger partial charge in [0.05, 0.1) is 0 Å². The number of nitrogens with zero attached hydrogens (tertiary/aromatic N) is 6. The molecule has 0 bridgehead atoms. The minimum absolute atomic E-state index is 0.0289. The Hall–Kier alpha value is -3.01. The second-order valence-electron chi connectivity index (χ2n) is 8.85. The highest BCUT2D eigenvalue weighted by atomic mass is 16.1. The fourth-order valence-electron chi connectivity index (χ4n) is 4.47. The molecule has 2 aromatic heterocycles. The molecular formula is C24H32N8O. The lowest BCUT2D eigenvalue weighted by atomic mass is 10.2. The molecule has 2 fully saturated rings. The third-order valence-corrected chi connectivity index (χ3v) is 6.56. The van der Waals surface area contributed by atoms with Gasteiger partial charge in [0.1, 0.15) is 5.65 Å². The first kappa shape index (κ1) is 21.8. The van der Waals surface area contributed by atoms with Crippen molar-refractivity contribution in [1.29, 1.82) is 0 Å². The summed E-state index contributed by atoms with van der Waals surface area (Å²) in [6.45, 7) is 9.71. The molecule has 9 heteroatoms. The summed E-state index contributed by atoms with van der Waals surface area (Å²) in [7, 11) is 2.17. The minimum atomic E-state index is -0.0289. The maximum Gasteiger partial charge on any atom is 0.252 e. The van der Waals surface area contributed by atoms with E-state index < -0.39 is 0 Å². The number of hydrogen-bond donors (Lipinski definition) is 2. The van der Waals surface area contributed by atoms with Crippen LogP contribution in [0.1, 0.15) is 0 Å². The lowest BCUT2D eigenvalue weighted by Gasteiger charge is -2.34. The van der Waals surface area contributed by atoms with Gasteiger partial charge < -0.3 is 20.4 Å². The standard InChI is InChI=1S/C24H32N8O/c1-29-12-15-31(16-13-29)21-5-3-20(4-6-21)27-24-26-18-19-2-7-22(33)32(23(19)28-24)17-14-30-10-8-25-9-11-30/h2-7,18,25H,8-17H2,1H3,(H,26,27,28). The normalized spacial score (nSPS) is 18.0. The number of fused-ring (bicyclic) bond motifs is 1. The summed E-state index contributed by atoms with van der Waals surface area (Å²) >= 11 is 0. The number of rotatable bonds is 6. The number of pyridine rings is 1. The van der Waals surface area contributed by atoms with Gasteiger partial charge in [0, 0.05) is 94.5 Å². The van der Waals surface area contributed by atoms with Crippen LogP contribution in [0.4, 0.5) is 17.3 Å². The number of anilines is 3. The zero-order valence-corrected chi connectivity index (χ0v) is 19.2. The summed E-state index contributed by atoms with van der Waals surface area (Å²) in [5.74, 6) is 0.497. The topological polar surface area (TPSA) is 81.6 Å². The van der Waals surface area contributed by atoms with E-state index in [2.05, 4.69) is 61.6 Å². The minimum Gasteiger partial charge on any atom is -0.369 e. The van der Waals surface area contributed by atoms with Crippen LogP contribution < -0.4 is 21.1 Å². The molecule has 2 saturated heterocycles. The highest BCUT2D eigenvalue weighted by molar-refractivity contribution is 5.75. The highest BCUT2D eigenvalue weighted by Gasteiger charge is 2.15.